The van der Waals surface area contributed by atoms with Crippen LogP contribution in [0.25, 0.3) is 0 Å². The lowest BCUT2D eigenvalue weighted by atomic mass is 10.2. The molecule has 0 saturated heterocycles. The molecule has 3 aromatic rings. The maximum absolute atomic E-state index is 12.9. The summed E-state index contributed by atoms with van der Waals surface area (Å²) in [7, 11) is 0. The van der Waals surface area contributed by atoms with Gasteiger partial charge in [0, 0.05) is 23.6 Å². The van der Waals surface area contributed by atoms with Crippen LogP contribution in [0.1, 0.15) is 16.1 Å². The first-order chi connectivity index (χ1) is 14.6. The number of amides is 3. The second-order valence-electron chi connectivity index (χ2n) is 6.14. The van der Waals surface area contributed by atoms with Crippen molar-refractivity contribution in [2.45, 2.75) is 6.18 Å². The van der Waals surface area contributed by atoms with E-state index in [1.54, 1.807) is 12.1 Å². The molecular formula is C20H14ClF3N4O3. The monoisotopic (exact) mass is 450 g/mol. The minimum atomic E-state index is -4.64. The molecule has 0 bridgehead atoms. The van der Waals surface area contributed by atoms with Crippen LogP contribution in [0.2, 0.25) is 5.02 Å². The SMILES string of the molecule is NC(=O)c1cc(Oc2ccc(NC(=O)Nc3ccc(Cl)c(C(F)(F)F)c3)cc2)ccn1. The van der Waals surface area contributed by atoms with Crippen molar-refractivity contribution >= 4 is 34.9 Å². The number of anilines is 2. The second-order valence-corrected chi connectivity index (χ2v) is 6.55. The molecule has 0 unspecified atom stereocenters. The lowest BCUT2D eigenvalue weighted by molar-refractivity contribution is -0.137. The Bertz CT molecular complexity index is 1120. The number of carbonyl (C=O) groups excluding carboxylic acids is 2. The van der Waals surface area contributed by atoms with E-state index in [0.717, 1.165) is 12.1 Å². The molecule has 1 heterocycles. The van der Waals surface area contributed by atoms with Crippen LogP contribution in [0.4, 0.5) is 29.3 Å². The highest BCUT2D eigenvalue weighted by Gasteiger charge is 2.33. The smallest absolute Gasteiger partial charge is 0.417 e. The highest BCUT2D eigenvalue weighted by atomic mass is 35.5. The summed E-state index contributed by atoms with van der Waals surface area (Å²) in [6, 6.07) is 11.4. The average molecular weight is 451 g/mol. The van der Waals surface area contributed by atoms with Gasteiger partial charge >= 0.3 is 12.2 Å². The number of nitrogens with one attached hydrogen (secondary N) is 2. The zero-order chi connectivity index (χ0) is 22.6. The Morgan fingerprint density at radius 3 is 2.23 bits per heavy atom. The van der Waals surface area contributed by atoms with Gasteiger partial charge in [0.05, 0.1) is 10.6 Å². The average Bonchev–Trinajstić information content (AvgIpc) is 2.70. The van der Waals surface area contributed by atoms with E-state index in [1.165, 1.54) is 36.5 Å². The molecule has 0 aliphatic rings. The van der Waals surface area contributed by atoms with Crippen LogP contribution in [0.5, 0.6) is 11.5 Å². The van der Waals surface area contributed by atoms with Crippen molar-refractivity contribution in [3.05, 3.63) is 77.1 Å². The number of rotatable bonds is 5. The quantitative estimate of drug-likeness (QED) is 0.491. The van der Waals surface area contributed by atoms with E-state index < -0.39 is 28.7 Å². The van der Waals surface area contributed by atoms with Crippen LogP contribution in [-0.4, -0.2) is 16.9 Å². The minimum Gasteiger partial charge on any atom is -0.457 e. The van der Waals surface area contributed by atoms with E-state index >= 15 is 0 Å². The summed E-state index contributed by atoms with van der Waals surface area (Å²) in [5, 5.41) is 4.33. The van der Waals surface area contributed by atoms with Gasteiger partial charge in [-0.05, 0) is 48.5 Å². The van der Waals surface area contributed by atoms with Gasteiger partial charge in [-0.1, -0.05) is 11.6 Å². The van der Waals surface area contributed by atoms with E-state index in [4.69, 9.17) is 22.1 Å². The number of pyridine rings is 1. The number of nitrogens with two attached hydrogens (primary N) is 1. The topological polar surface area (TPSA) is 106 Å². The third kappa shape index (κ3) is 5.86. The zero-order valence-electron chi connectivity index (χ0n) is 15.5. The van der Waals surface area contributed by atoms with Crippen molar-refractivity contribution in [3.63, 3.8) is 0 Å². The summed E-state index contributed by atoms with van der Waals surface area (Å²) in [6.45, 7) is 0. The Hall–Kier alpha value is -3.79. The highest BCUT2D eigenvalue weighted by molar-refractivity contribution is 6.31. The van der Waals surface area contributed by atoms with Gasteiger partial charge in [0.1, 0.15) is 17.2 Å². The molecule has 0 radical (unpaired) electrons. The van der Waals surface area contributed by atoms with Crippen molar-refractivity contribution in [2.24, 2.45) is 5.73 Å². The summed E-state index contributed by atoms with van der Waals surface area (Å²) < 4.78 is 44.3. The van der Waals surface area contributed by atoms with Crippen LogP contribution in [-0.2, 0) is 6.18 Å². The summed E-state index contributed by atoms with van der Waals surface area (Å²) >= 11 is 5.56. The predicted octanol–water partition coefficient (Wildman–Crippen LogP) is 5.29. The molecule has 1 aromatic heterocycles. The molecule has 0 atom stereocenters. The molecule has 0 aliphatic heterocycles. The highest BCUT2D eigenvalue weighted by Crippen LogP contribution is 2.36. The van der Waals surface area contributed by atoms with Crippen LogP contribution in [0, 0.1) is 0 Å². The van der Waals surface area contributed by atoms with Gasteiger partial charge in [-0.3, -0.25) is 9.78 Å². The Kier molecular flexibility index (Phi) is 6.30. The fraction of sp³-hybridized carbons (Fsp3) is 0.0500. The summed E-state index contributed by atoms with van der Waals surface area (Å²) in [5.74, 6) is 0.0459. The zero-order valence-corrected chi connectivity index (χ0v) is 16.3. The molecule has 11 heteroatoms. The van der Waals surface area contributed by atoms with E-state index in [-0.39, 0.29) is 11.4 Å². The normalized spacial score (nSPS) is 11.0. The fourth-order valence-electron chi connectivity index (χ4n) is 2.47. The molecule has 160 valence electrons. The Morgan fingerprint density at radius 2 is 1.58 bits per heavy atom. The molecule has 3 rings (SSSR count). The molecule has 7 nitrogen and oxygen atoms in total. The number of nitrogens with zero attached hydrogens (tertiary/aromatic N) is 1. The van der Waals surface area contributed by atoms with Crippen molar-refractivity contribution in [3.8, 4) is 11.5 Å². The third-order valence-corrected chi connectivity index (χ3v) is 4.19. The van der Waals surface area contributed by atoms with Crippen LogP contribution >= 0.6 is 11.6 Å². The molecule has 2 aromatic carbocycles. The largest absolute Gasteiger partial charge is 0.457 e. The Labute approximate surface area is 179 Å². The molecule has 0 aliphatic carbocycles. The van der Waals surface area contributed by atoms with Gasteiger partial charge in [0.25, 0.3) is 5.91 Å². The molecule has 0 spiro atoms. The van der Waals surface area contributed by atoms with Gasteiger partial charge in [0.15, 0.2) is 0 Å². The van der Waals surface area contributed by atoms with Crippen molar-refractivity contribution < 1.29 is 27.5 Å². The first-order valence-corrected chi connectivity index (χ1v) is 8.98. The number of ether oxygens (including phenoxy) is 1. The number of carbonyl (C=O) groups is 2. The molecule has 0 fully saturated rings. The van der Waals surface area contributed by atoms with Gasteiger partial charge < -0.3 is 21.1 Å². The van der Waals surface area contributed by atoms with Gasteiger partial charge in [-0.25, -0.2) is 4.79 Å². The summed E-state index contributed by atoms with van der Waals surface area (Å²) in [5.41, 5.74) is 4.45. The predicted molar refractivity (Wildman–Crippen MR) is 108 cm³/mol. The number of benzene rings is 2. The maximum Gasteiger partial charge on any atom is 0.417 e. The Balaban J connectivity index is 1.63. The van der Waals surface area contributed by atoms with Crippen molar-refractivity contribution in [1.82, 2.24) is 4.98 Å². The number of hydrogen-bond acceptors (Lipinski definition) is 4. The first kappa shape index (κ1) is 21.9. The van der Waals surface area contributed by atoms with E-state index in [2.05, 4.69) is 15.6 Å². The number of hydrogen-bond donors (Lipinski definition) is 3. The van der Waals surface area contributed by atoms with Crippen LogP contribution in [0.15, 0.2) is 60.8 Å². The summed E-state index contributed by atoms with van der Waals surface area (Å²) in [6.07, 6.45) is -3.27. The molecule has 0 saturated carbocycles. The van der Waals surface area contributed by atoms with Gasteiger partial charge in [-0.2, -0.15) is 13.2 Å². The number of aromatic nitrogens is 1. The van der Waals surface area contributed by atoms with E-state index in [0.29, 0.717) is 17.2 Å². The van der Waals surface area contributed by atoms with E-state index in [1.807, 2.05) is 0 Å². The van der Waals surface area contributed by atoms with Gasteiger partial charge in [0.2, 0.25) is 0 Å². The number of halogens is 4. The standard InChI is InChI=1S/C20H14ClF3N4O3/c21-16-6-3-12(9-15(16)20(22,23)24)28-19(30)27-11-1-4-13(5-2-11)31-14-7-8-26-17(10-14)18(25)29/h1-10H,(H2,25,29)(H2,27,28,30). The van der Waals surface area contributed by atoms with Crippen LogP contribution in [0.3, 0.4) is 0 Å². The van der Waals surface area contributed by atoms with E-state index in [9.17, 15) is 22.8 Å². The molecule has 3 amide bonds. The number of primary amides is 1. The van der Waals surface area contributed by atoms with Crippen LogP contribution < -0.4 is 21.1 Å². The van der Waals surface area contributed by atoms with Crippen molar-refractivity contribution in [2.75, 3.05) is 10.6 Å². The molecule has 4 N–H and O–H groups in total. The maximum atomic E-state index is 12.9. The lowest BCUT2D eigenvalue weighted by Gasteiger charge is -2.12. The van der Waals surface area contributed by atoms with Crippen molar-refractivity contribution in [1.29, 1.82) is 0 Å². The number of urea groups is 1. The third-order valence-electron chi connectivity index (χ3n) is 3.86. The summed E-state index contributed by atoms with van der Waals surface area (Å²) in [4.78, 5) is 27.1. The van der Waals surface area contributed by atoms with Gasteiger partial charge in [-0.15, -0.1) is 0 Å². The second kappa shape index (κ2) is 8.92. The first-order valence-electron chi connectivity index (χ1n) is 8.60. The minimum absolute atomic E-state index is 0.0448. The Morgan fingerprint density at radius 1 is 0.935 bits per heavy atom. The molecular weight excluding hydrogens is 437 g/mol. The number of alkyl halides is 3. The molecule has 31 heavy (non-hydrogen) atoms. The fourth-order valence-corrected chi connectivity index (χ4v) is 2.69. The lowest BCUT2D eigenvalue weighted by Crippen LogP contribution is -2.19.